The number of phenolic OH excluding ortho intramolecular Hbond substituents is 1. The molecule has 1 aliphatic rings. The van der Waals surface area contributed by atoms with Crippen LogP contribution in [0.3, 0.4) is 0 Å². The first kappa shape index (κ1) is 21.8. The first-order valence-electron chi connectivity index (χ1n) is 10.9. The molecule has 3 aromatic rings. The van der Waals surface area contributed by atoms with Crippen molar-refractivity contribution in [2.24, 2.45) is 11.5 Å². The van der Waals surface area contributed by atoms with Crippen LogP contribution in [0.25, 0.3) is 10.8 Å². The number of benzene rings is 2. The minimum absolute atomic E-state index is 0.0265. The molecule has 32 heavy (non-hydrogen) atoms. The number of aromatic hydroxyl groups is 1. The molecule has 4 rings (SSSR count). The number of hydrogen-bond donors (Lipinski definition) is 4. The number of nitrogens with two attached hydrogens (primary N) is 2. The van der Waals surface area contributed by atoms with Gasteiger partial charge in [-0.2, -0.15) is 0 Å². The van der Waals surface area contributed by atoms with Crippen molar-refractivity contribution < 1.29 is 9.90 Å². The van der Waals surface area contributed by atoms with E-state index in [0.29, 0.717) is 16.8 Å². The molecule has 1 saturated carbocycles. The fourth-order valence-electron chi connectivity index (χ4n) is 4.75. The summed E-state index contributed by atoms with van der Waals surface area (Å²) in [5.74, 6) is -0.0176. The van der Waals surface area contributed by atoms with Crippen LogP contribution in [0, 0.1) is 12.3 Å². The van der Waals surface area contributed by atoms with Gasteiger partial charge >= 0.3 is 0 Å². The molecule has 7 heteroatoms. The van der Waals surface area contributed by atoms with E-state index >= 15 is 0 Å². The van der Waals surface area contributed by atoms with Gasteiger partial charge in [0.2, 0.25) is 5.91 Å². The smallest absolute Gasteiger partial charge is 0.224 e. The standard InChI is InChI=1S/C25H29N5O2/c1-14-11-19-16(13-21(14)30(15(2)31)18-5-3-4-6-18)9-10-29-24(19)23(26)20-12-17(25(27)28)7-8-22(20)32/h7-13,18,23,32H,3-6,26H2,1-2H3,(H3,27,28). The van der Waals surface area contributed by atoms with Crippen LogP contribution >= 0.6 is 0 Å². The number of nitrogen functional groups attached to an aromatic ring is 1. The average molecular weight is 432 g/mol. The first-order valence-corrected chi connectivity index (χ1v) is 10.9. The number of aromatic nitrogens is 1. The minimum Gasteiger partial charge on any atom is -0.508 e. The van der Waals surface area contributed by atoms with E-state index in [1.54, 1.807) is 25.3 Å². The molecule has 1 aromatic heterocycles. The third kappa shape index (κ3) is 3.91. The van der Waals surface area contributed by atoms with Crippen molar-refractivity contribution in [1.82, 2.24) is 4.98 Å². The first-order chi connectivity index (χ1) is 15.3. The Hall–Kier alpha value is -3.45. The second kappa shape index (κ2) is 8.59. The molecule has 1 heterocycles. The molecule has 2 aromatic carbocycles. The van der Waals surface area contributed by atoms with Crippen molar-refractivity contribution in [3.8, 4) is 5.75 Å². The van der Waals surface area contributed by atoms with Gasteiger partial charge in [-0.15, -0.1) is 0 Å². The highest BCUT2D eigenvalue weighted by Gasteiger charge is 2.27. The fourth-order valence-corrected chi connectivity index (χ4v) is 4.75. The molecular formula is C25H29N5O2. The number of aryl methyl sites for hydroxylation is 1. The highest BCUT2D eigenvalue weighted by Crippen LogP contribution is 2.36. The predicted octanol–water partition coefficient (Wildman–Crippen LogP) is 3.88. The zero-order valence-electron chi connectivity index (χ0n) is 18.4. The quantitative estimate of drug-likeness (QED) is 0.360. The number of phenols is 1. The molecule has 0 aliphatic heterocycles. The lowest BCUT2D eigenvalue weighted by atomic mass is 9.95. The number of hydrogen-bond acceptors (Lipinski definition) is 5. The van der Waals surface area contributed by atoms with Gasteiger partial charge in [-0.1, -0.05) is 12.8 Å². The Bertz CT molecular complexity index is 1200. The van der Waals surface area contributed by atoms with E-state index in [9.17, 15) is 9.90 Å². The van der Waals surface area contributed by atoms with Gasteiger partial charge < -0.3 is 21.5 Å². The van der Waals surface area contributed by atoms with Crippen LogP contribution < -0.4 is 16.4 Å². The Balaban J connectivity index is 1.81. The lowest BCUT2D eigenvalue weighted by Crippen LogP contribution is -2.37. The third-order valence-electron chi connectivity index (χ3n) is 6.37. The Morgan fingerprint density at radius 1 is 1.22 bits per heavy atom. The summed E-state index contributed by atoms with van der Waals surface area (Å²) in [4.78, 5) is 19.0. The van der Waals surface area contributed by atoms with Gasteiger partial charge in [0.25, 0.3) is 0 Å². The molecule has 1 unspecified atom stereocenters. The van der Waals surface area contributed by atoms with Crippen LogP contribution in [-0.2, 0) is 4.79 Å². The SMILES string of the molecule is CC(=O)N(c1cc2ccnc(C(N)c3cc(C(=N)N)ccc3O)c2cc1C)C1CCCC1. The number of nitrogens with zero attached hydrogens (tertiary/aromatic N) is 2. The van der Waals surface area contributed by atoms with Crippen molar-refractivity contribution in [1.29, 1.82) is 5.41 Å². The van der Waals surface area contributed by atoms with E-state index in [2.05, 4.69) is 4.98 Å². The van der Waals surface area contributed by atoms with Crippen molar-refractivity contribution in [3.05, 3.63) is 65.0 Å². The predicted molar refractivity (Wildman–Crippen MR) is 127 cm³/mol. The Kier molecular flexibility index (Phi) is 5.84. The van der Waals surface area contributed by atoms with Gasteiger partial charge in [0, 0.05) is 41.4 Å². The number of amidine groups is 1. The molecule has 1 amide bonds. The molecule has 1 aliphatic carbocycles. The number of amides is 1. The topological polar surface area (TPSA) is 129 Å². The fraction of sp³-hybridized carbons (Fsp3) is 0.320. The Morgan fingerprint density at radius 2 is 1.94 bits per heavy atom. The number of fused-ring (bicyclic) bond motifs is 1. The van der Waals surface area contributed by atoms with E-state index in [4.69, 9.17) is 16.9 Å². The van der Waals surface area contributed by atoms with Gasteiger partial charge in [0.05, 0.1) is 11.7 Å². The average Bonchev–Trinajstić information content (AvgIpc) is 3.27. The van der Waals surface area contributed by atoms with Crippen LogP contribution in [-0.4, -0.2) is 27.9 Å². The zero-order valence-corrected chi connectivity index (χ0v) is 18.4. The summed E-state index contributed by atoms with van der Waals surface area (Å²) in [5, 5.41) is 19.9. The molecule has 0 bridgehead atoms. The molecule has 0 radical (unpaired) electrons. The minimum atomic E-state index is -0.706. The second-order valence-electron chi connectivity index (χ2n) is 8.55. The lowest BCUT2D eigenvalue weighted by Gasteiger charge is -2.30. The molecular weight excluding hydrogens is 402 g/mol. The van der Waals surface area contributed by atoms with E-state index in [1.165, 1.54) is 6.07 Å². The number of rotatable bonds is 5. The molecule has 6 N–H and O–H groups in total. The Morgan fingerprint density at radius 3 is 2.59 bits per heavy atom. The summed E-state index contributed by atoms with van der Waals surface area (Å²) in [7, 11) is 0. The van der Waals surface area contributed by atoms with Gasteiger partial charge in [0.1, 0.15) is 11.6 Å². The van der Waals surface area contributed by atoms with E-state index < -0.39 is 6.04 Å². The largest absolute Gasteiger partial charge is 0.508 e. The highest BCUT2D eigenvalue weighted by atomic mass is 16.3. The van der Waals surface area contributed by atoms with Crippen LogP contribution in [0.15, 0.2) is 42.6 Å². The molecule has 0 saturated heterocycles. The van der Waals surface area contributed by atoms with Crippen LogP contribution in [0.5, 0.6) is 5.75 Å². The monoisotopic (exact) mass is 431 g/mol. The second-order valence-corrected chi connectivity index (χ2v) is 8.55. The van der Waals surface area contributed by atoms with Gasteiger partial charge in [-0.3, -0.25) is 15.2 Å². The maximum atomic E-state index is 12.5. The molecule has 1 fully saturated rings. The van der Waals surface area contributed by atoms with Crippen molar-refractivity contribution in [3.63, 3.8) is 0 Å². The summed E-state index contributed by atoms with van der Waals surface area (Å²) in [6.07, 6.45) is 6.03. The highest BCUT2D eigenvalue weighted by molar-refractivity contribution is 5.98. The maximum Gasteiger partial charge on any atom is 0.224 e. The van der Waals surface area contributed by atoms with Crippen molar-refractivity contribution in [2.45, 2.75) is 51.6 Å². The third-order valence-corrected chi connectivity index (χ3v) is 6.37. The molecule has 7 nitrogen and oxygen atoms in total. The van der Waals surface area contributed by atoms with E-state index in [1.807, 2.05) is 30.0 Å². The number of carbonyl (C=O) groups excluding carboxylic acids is 1. The molecule has 1 atom stereocenters. The summed E-state index contributed by atoms with van der Waals surface area (Å²) in [5.41, 5.74) is 15.6. The van der Waals surface area contributed by atoms with Crippen molar-refractivity contribution >= 4 is 28.2 Å². The number of pyridine rings is 1. The zero-order chi connectivity index (χ0) is 23.0. The van der Waals surface area contributed by atoms with Crippen LogP contribution in [0.1, 0.15) is 61.0 Å². The van der Waals surface area contributed by atoms with Crippen molar-refractivity contribution in [2.75, 3.05) is 4.90 Å². The van der Waals surface area contributed by atoms with Crippen LogP contribution in [0.2, 0.25) is 0 Å². The maximum absolute atomic E-state index is 12.5. The lowest BCUT2D eigenvalue weighted by molar-refractivity contribution is -0.117. The van der Waals surface area contributed by atoms with Gasteiger partial charge in [-0.25, -0.2) is 0 Å². The van der Waals surface area contributed by atoms with Crippen LogP contribution in [0.4, 0.5) is 5.69 Å². The van der Waals surface area contributed by atoms with Gasteiger partial charge in [-0.05, 0) is 67.1 Å². The summed E-state index contributed by atoms with van der Waals surface area (Å²) < 4.78 is 0. The number of carbonyl (C=O) groups is 1. The molecule has 166 valence electrons. The molecule has 0 spiro atoms. The summed E-state index contributed by atoms with van der Waals surface area (Å²) >= 11 is 0. The number of nitrogens with one attached hydrogen (secondary N) is 1. The normalized spacial score (nSPS) is 15.1. The summed E-state index contributed by atoms with van der Waals surface area (Å²) in [6, 6.07) is 10.2. The van der Waals surface area contributed by atoms with E-state index in [-0.39, 0.29) is 23.5 Å². The van der Waals surface area contributed by atoms with Gasteiger partial charge in [0.15, 0.2) is 0 Å². The van der Waals surface area contributed by atoms with E-state index in [0.717, 1.165) is 47.7 Å². The number of anilines is 1. The Labute approximate surface area is 187 Å². The summed E-state index contributed by atoms with van der Waals surface area (Å²) in [6.45, 7) is 3.62.